The van der Waals surface area contributed by atoms with Gasteiger partial charge in [-0.25, -0.2) is 0 Å². The lowest BCUT2D eigenvalue weighted by Gasteiger charge is -2.20. The molecule has 0 aromatic heterocycles. The van der Waals surface area contributed by atoms with E-state index in [0.29, 0.717) is 19.4 Å². The van der Waals surface area contributed by atoms with Gasteiger partial charge in [0, 0.05) is 12.8 Å². The van der Waals surface area contributed by atoms with E-state index in [9.17, 15) is 19.8 Å². The fraction of sp³-hybridized carbons (Fsp3) is 0.872. The summed E-state index contributed by atoms with van der Waals surface area (Å²) in [5.41, 5.74) is 0. The maximum Gasteiger partial charge on any atom is 0.305 e. The number of carbonyl (C=O) groups is 2. The lowest BCUT2D eigenvalue weighted by molar-refractivity contribution is -0.143. The summed E-state index contributed by atoms with van der Waals surface area (Å²) in [6.45, 7) is 4.92. The molecule has 0 fully saturated rings. The average molecular weight is 1180 g/mol. The lowest BCUT2D eigenvalue weighted by atomic mass is 10.0. The van der Waals surface area contributed by atoms with E-state index in [1.165, 1.54) is 334 Å². The summed E-state index contributed by atoms with van der Waals surface area (Å²) >= 11 is 0. The predicted molar refractivity (Wildman–Crippen MR) is 370 cm³/mol. The van der Waals surface area contributed by atoms with Crippen LogP contribution in [0.1, 0.15) is 412 Å². The normalized spacial score (nSPS) is 12.8. The monoisotopic (exact) mass is 1180 g/mol. The van der Waals surface area contributed by atoms with Crippen LogP contribution in [0, 0.1) is 0 Å². The molecule has 2 atom stereocenters. The second kappa shape index (κ2) is 73.3. The first-order chi connectivity index (χ1) is 41.5. The number of unbranched alkanes of at least 4 members (excludes halogenated alkanes) is 54. The van der Waals surface area contributed by atoms with Crippen LogP contribution in [-0.2, 0) is 14.3 Å². The highest BCUT2D eigenvalue weighted by atomic mass is 16.5. The number of carbonyl (C=O) groups excluding carboxylic acids is 2. The van der Waals surface area contributed by atoms with E-state index in [0.717, 1.165) is 51.4 Å². The zero-order valence-electron chi connectivity index (χ0n) is 56.6. The molecule has 0 spiro atoms. The van der Waals surface area contributed by atoms with Gasteiger partial charge in [-0.05, 0) is 89.9 Å². The summed E-state index contributed by atoms with van der Waals surface area (Å²) < 4.78 is 5.48. The van der Waals surface area contributed by atoms with Gasteiger partial charge in [0.05, 0.1) is 25.4 Å². The summed E-state index contributed by atoms with van der Waals surface area (Å²) in [5, 5.41) is 23.2. The topological polar surface area (TPSA) is 95.9 Å². The van der Waals surface area contributed by atoms with E-state index in [1.54, 1.807) is 6.08 Å². The molecule has 0 aromatic carbocycles. The van der Waals surface area contributed by atoms with Crippen LogP contribution < -0.4 is 5.32 Å². The first kappa shape index (κ1) is 81.8. The van der Waals surface area contributed by atoms with Crippen molar-refractivity contribution in [3.63, 3.8) is 0 Å². The molecule has 0 aliphatic heterocycles. The molecule has 1 amide bonds. The van der Waals surface area contributed by atoms with Crippen LogP contribution in [0.15, 0.2) is 48.6 Å². The van der Waals surface area contributed by atoms with Gasteiger partial charge >= 0.3 is 5.97 Å². The number of hydrogen-bond donors (Lipinski definition) is 3. The molecule has 0 saturated heterocycles. The molecule has 0 rings (SSSR count). The van der Waals surface area contributed by atoms with Gasteiger partial charge in [0.1, 0.15) is 0 Å². The van der Waals surface area contributed by atoms with Gasteiger partial charge < -0.3 is 20.3 Å². The molecule has 0 saturated carbocycles. The van der Waals surface area contributed by atoms with Gasteiger partial charge in [-0.15, -0.1) is 0 Å². The molecule has 494 valence electrons. The summed E-state index contributed by atoms with van der Waals surface area (Å²) in [4.78, 5) is 24.6. The van der Waals surface area contributed by atoms with Crippen molar-refractivity contribution in [1.29, 1.82) is 0 Å². The SMILES string of the molecule is CCCCCC/C=C\CCCCCCCC(=O)OCCCCCCCCCCCCCCC/C=C\C/C=C\CCCCCCCCCCCCCCCCCCCC(=O)NC(CO)C(O)/C=C/CCCCCCCCCCCCCCCCC. The van der Waals surface area contributed by atoms with E-state index < -0.39 is 12.1 Å². The van der Waals surface area contributed by atoms with Gasteiger partial charge in [0.25, 0.3) is 0 Å². The minimum absolute atomic E-state index is 0.00946. The van der Waals surface area contributed by atoms with Crippen molar-refractivity contribution in [1.82, 2.24) is 5.32 Å². The third kappa shape index (κ3) is 68.9. The minimum Gasteiger partial charge on any atom is -0.466 e. The molecular formula is C78H147NO5. The number of aliphatic hydroxyl groups is 2. The Bertz CT molecular complexity index is 1400. The molecule has 0 bridgehead atoms. The molecule has 84 heavy (non-hydrogen) atoms. The number of amides is 1. The van der Waals surface area contributed by atoms with Crippen molar-refractivity contribution in [2.24, 2.45) is 0 Å². The van der Waals surface area contributed by atoms with E-state index in [2.05, 4.69) is 55.6 Å². The maximum atomic E-state index is 12.5. The molecule has 0 aliphatic rings. The molecule has 0 aliphatic carbocycles. The van der Waals surface area contributed by atoms with Gasteiger partial charge in [0.15, 0.2) is 0 Å². The highest BCUT2D eigenvalue weighted by Gasteiger charge is 2.18. The largest absolute Gasteiger partial charge is 0.466 e. The van der Waals surface area contributed by atoms with Gasteiger partial charge in [-0.2, -0.15) is 0 Å². The molecule has 0 radical (unpaired) electrons. The lowest BCUT2D eigenvalue weighted by Crippen LogP contribution is -2.45. The van der Waals surface area contributed by atoms with Gasteiger partial charge in [-0.3, -0.25) is 9.59 Å². The molecular weight excluding hydrogens is 1030 g/mol. The van der Waals surface area contributed by atoms with Crippen LogP contribution in [0.4, 0.5) is 0 Å². The zero-order valence-corrected chi connectivity index (χ0v) is 56.6. The van der Waals surface area contributed by atoms with Crippen LogP contribution in [0.25, 0.3) is 0 Å². The summed E-state index contributed by atoms with van der Waals surface area (Å²) in [6.07, 6.45) is 96.5. The predicted octanol–water partition coefficient (Wildman–Crippen LogP) is 24.8. The van der Waals surface area contributed by atoms with Crippen LogP contribution in [0.5, 0.6) is 0 Å². The first-order valence-corrected chi connectivity index (χ1v) is 37.9. The Morgan fingerprint density at radius 2 is 0.595 bits per heavy atom. The van der Waals surface area contributed by atoms with Crippen LogP contribution in [0.2, 0.25) is 0 Å². The highest BCUT2D eigenvalue weighted by Crippen LogP contribution is 2.19. The fourth-order valence-corrected chi connectivity index (χ4v) is 11.8. The van der Waals surface area contributed by atoms with E-state index in [1.807, 2.05) is 6.08 Å². The summed E-state index contributed by atoms with van der Waals surface area (Å²) in [7, 11) is 0. The number of rotatable bonds is 71. The highest BCUT2D eigenvalue weighted by molar-refractivity contribution is 5.76. The average Bonchev–Trinajstić information content (AvgIpc) is 3.51. The molecule has 2 unspecified atom stereocenters. The number of esters is 1. The van der Waals surface area contributed by atoms with Crippen molar-refractivity contribution in [3.05, 3.63) is 48.6 Å². The summed E-state index contributed by atoms with van der Waals surface area (Å²) in [6, 6.07) is -0.626. The molecule has 0 aromatic rings. The van der Waals surface area contributed by atoms with Crippen molar-refractivity contribution >= 4 is 11.9 Å². The van der Waals surface area contributed by atoms with E-state index in [4.69, 9.17) is 4.74 Å². The Kier molecular flexibility index (Phi) is 71.4. The number of nitrogens with one attached hydrogen (secondary N) is 1. The molecule has 3 N–H and O–H groups in total. The van der Waals surface area contributed by atoms with Crippen LogP contribution in [0.3, 0.4) is 0 Å². The van der Waals surface area contributed by atoms with E-state index in [-0.39, 0.29) is 18.5 Å². The third-order valence-corrected chi connectivity index (χ3v) is 17.6. The maximum absolute atomic E-state index is 12.5. The number of aliphatic hydroxyl groups excluding tert-OH is 2. The standard InChI is InChI=1S/C78H147NO5/c1-3-5-7-9-11-13-15-17-18-40-43-47-50-54-58-62-66-70-76(81)75(74-80)79-77(82)71-67-63-59-55-51-48-44-41-38-36-34-32-30-28-26-24-22-20-19-21-23-25-27-29-31-33-35-37-39-42-45-49-53-57-61-65-69-73-84-78(83)72-68-64-60-56-52-46-16-14-12-10-8-6-4-2/h14,16,19,21,25,27,66,70,75-76,80-81H,3-13,15,17-18,20,22-24,26,28-65,67-69,71-74H2,1-2H3,(H,79,82)/b16-14-,21-19-,27-25-,70-66+. The van der Waals surface area contributed by atoms with Gasteiger partial charge in [0.2, 0.25) is 5.91 Å². The van der Waals surface area contributed by atoms with Crippen molar-refractivity contribution in [3.8, 4) is 0 Å². The van der Waals surface area contributed by atoms with Gasteiger partial charge in [-0.1, -0.05) is 358 Å². The zero-order chi connectivity index (χ0) is 60.6. The smallest absolute Gasteiger partial charge is 0.305 e. The molecule has 6 heteroatoms. The van der Waals surface area contributed by atoms with Crippen LogP contribution >= 0.6 is 0 Å². The first-order valence-electron chi connectivity index (χ1n) is 37.9. The van der Waals surface area contributed by atoms with Crippen LogP contribution in [-0.4, -0.2) is 47.4 Å². The molecule has 6 nitrogen and oxygen atoms in total. The second-order valence-corrected chi connectivity index (χ2v) is 26.0. The molecule has 0 heterocycles. The second-order valence-electron chi connectivity index (χ2n) is 26.0. The number of hydrogen-bond acceptors (Lipinski definition) is 5. The number of ether oxygens (including phenoxy) is 1. The Morgan fingerprint density at radius 3 is 0.929 bits per heavy atom. The number of allylic oxidation sites excluding steroid dienone is 7. The van der Waals surface area contributed by atoms with Crippen molar-refractivity contribution in [2.45, 2.75) is 424 Å². The van der Waals surface area contributed by atoms with Crippen molar-refractivity contribution in [2.75, 3.05) is 13.2 Å². The minimum atomic E-state index is -0.843. The Labute approximate surface area is 525 Å². The van der Waals surface area contributed by atoms with E-state index >= 15 is 0 Å². The fourth-order valence-electron chi connectivity index (χ4n) is 11.8. The quantitative estimate of drug-likeness (QED) is 0.0320. The third-order valence-electron chi connectivity index (χ3n) is 17.6. The Balaban J connectivity index is 3.38. The Hall–Kier alpha value is -2.18. The summed E-state index contributed by atoms with van der Waals surface area (Å²) in [5.74, 6) is -0.0529. The Morgan fingerprint density at radius 1 is 0.333 bits per heavy atom. The van der Waals surface area contributed by atoms with Crippen molar-refractivity contribution < 1.29 is 24.5 Å².